The predicted molar refractivity (Wildman–Crippen MR) is 129 cm³/mol. The van der Waals surface area contributed by atoms with Crippen molar-refractivity contribution in [3.63, 3.8) is 0 Å². The molecule has 2 aromatic carbocycles. The molecule has 0 radical (unpaired) electrons. The molecular formula is C27H25N5O. The molecule has 6 heteroatoms. The van der Waals surface area contributed by atoms with E-state index in [4.69, 9.17) is 4.74 Å². The van der Waals surface area contributed by atoms with Crippen molar-refractivity contribution in [1.29, 1.82) is 0 Å². The van der Waals surface area contributed by atoms with Gasteiger partial charge in [0.05, 0.1) is 13.2 Å². The lowest BCUT2D eigenvalue weighted by atomic mass is 9.92. The fourth-order valence-electron chi connectivity index (χ4n) is 5.01. The Balaban J connectivity index is 1.44. The van der Waals surface area contributed by atoms with Crippen LogP contribution in [0.1, 0.15) is 28.6 Å². The van der Waals surface area contributed by atoms with Crippen LogP contribution in [0.4, 0.5) is 0 Å². The Morgan fingerprint density at radius 2 is 1.88 bits per heavy atom. The zero-order valence-corrected chi connectivity index (χ0v) is 18.5. The summed E-state index contributed by atoms with van der Waals surface area (Å²) in [5.41, 5.74) is 6.25. The molecule has 6 rings (SSSR count). The van der Waals surface area contributed by atoms with Crippen LogP contribution in [0.3, 0.4) is 0 Å². The van der Waals surface area contributed by atoms with Crippen molar-refractivity contribution in [1.82, 2.24) is 24.4 Å². The van der Waals surface area contributed by atoms with Crippen LogP contribution >= 0.6 is 0 Å². The number of para-hydroxylation sites is 1. The summed E-state index contributed by atoms with van der Waals surface area (Å²) >= 11 is 0. The zero-order valence-electron chi connectivity index (χ0n) is 18.5. The van der Waals surface area contributed by atoms with E-state index in [1.165, 1.54) is 27.7 Å². The van der Waals surface area contributed by atoms with Crippen molar-refractivity contribution >= 4 is 10.9 Å². The number of rotatable bonds is 5. The fraction of sp³-hybridized carbons (Fsp3) is 0.185. The lowest BCUT2D eigenvalue weighted by Gasteiger charge is -2.36. The van der Waals surface area contributed by atoms with Gasteiger partial charge in [0.25, 0.3) is 0 Å². The highest BCUT2D eigenvalue weighted by Crippen LogP contribution is 2.40. The lowest BCUT2D eigenvalue weighted by molar-refractivity contribution is 0.198. The molecule has 5 aromatic rings. The first-order valence-electron chi connectivity index (χ1n) is 11.2. The van der Waals surface area contributed by atoms with E-state index in [0.29, 0.717) is 5.95 Å². The third-order valence-corrected chi connectivity index (χ3v) is 6.51. The molecule has 0 saturated carbocycles. The Kier molecular flexibility index (Phi) is 4.92. The van der Waals surface area contributed by atoms with Crippen LogP contribution in [0, 0.1) is 0 Å². The van der Waals surface area contributed by atoms with Gasteiger partial charge >= 0.3 is 0 Å². The van der Waals surface area contributed by atoms with Gasteiger partial charge in [0.2, 0.25) is 5.95 Å². The summed E-state index contributed by atoms with van der Waals surface area (Å²) in [6.07, 6.45) is 6.59. The minimum atomic E-state index is 0.0938. The summed E-state index contributed by atoms with van der Waals surface area (Å²) in [5.74, 6) is 1.57. The van der Waals surface area contributed by atoms with Crippen molar-refractivity contribution in [3.05, 3.63) is 108 Å². The number of benzene rings is 2. The largest absolute Gasteiger partial charge is 0.497 e. The maximum Gasteiger partial charge on any atom is 0.233 e. The average Bonchev–Trinajstić information content (AvgIpc) is 3.49. The fourth-order valence-corrected chi connectivity index (χ4v) is 5.01. The number of hydrogen-bond acceptors (Lipinski definition) is 4. The third kappa shape index (κ3) is 3.49. The molecule has 0 unspecified atom stereocenters. The maximum absolute atomic E-state index is 5.56. The van der Waals surface area contributed by atoms with Gasteiger partial charge in [0.15, 0.2) is 0 Å². The lowest BCUT2D eigenvalue weighted by Crippen LogP contribution is -2.36. The summed E-state index contributed by atoms with van der Waals surface area (Å²) in [5, 5.41) is 1.32. The molecule has 6 nitrogen and oxygen atoms in total. The number of methoxy groups -OCH3 is 1. The molecule has 0 spiro atoms. The van der Waals surface area contributed by atoms with Crippen molar-refractivity contribution < 1.29 is 4.74 Å². The number of ether oxygens (including phenoxy) is 1. The predicted octanol–water partition coefficient (Wildman–Crippen LogP) is 4.90. The second-order valence-corrected chi connectivity index (χ2v) is 8.38. The van der Waals surface area contributed by atoms with Crippen molar-refractivity contribution in [2.24, 2.45) is 0 Å². The van der Waals surface area contributed by atoms with Crippen molar-refractivity contribution in [3.8, 4) is 11.7 Å². The van der Waals surface area contributed by atoms with Crippen LogP contribution in [0.5, 0.6) is 5.75 Å². The van der Waals surface area contributed by atoms with E-state index in [1.54, 1.807) is 19.5 Å². The van der Waals surface area contributed by atoms with E-state index < -0.39 is 0 Å². The topological polar surface area (TPSA) is 59.0 Å². The number of fused-ring (bicyclic) bond motifs is 3. The molecule has 1 atom stereocenters. The van der Waals surface area contributed by atoms with E-state index in [-0.39, 0.29) is 6.04 Å². The highest BCUT2D eigenvalue weighted by atomic mass is 16.5. The van der Waals surface area contributed by atoms with E-state index >= 15 is 0 Å². The van der Waals surface area contributed by atoms with Crippen LogP contribution in [-0.2, 0) is 13.0 Å². The Morgan fingerprint density at radius 1 is 1.00 bits per heavy atom. The summed E-state index contributed by atoms with van der Waals surface area (Å²) in [6.45, 7) is 1.74. The zero-order chi connectivity index (χ0) is 22.2. The normalized spacial score (nSPS) is 16.1. The van der Waals surface area contributed by atoms with Crippen LogP contribution in [0.15, 0.2) is 85.3 Å². The molecule has 164 valence electrons. The number of hydrogen-bond donors (Lipinski definition) is 1. The second-order valence-electron chi connectivity index (χ2n) is 8.38. The van der Waals surface area contributed by atoms with Gasteiger partial charge in [-0.1, -0.05) is 30.3 Å². The van der Waals surface area contributed by atoms with Gasteiger partial charge in [0.1, 0.15) is 5.75 Å². The highest BCUT2D eigenvalue weighted by Gasteiger charge is 2.32. The monoisotopic (exact) mass is 435 g/mol. The van der Waals surface area contributed by atoms with Crippen LogP contribution in [0.2, 0.25) is 0 Å². The summed E-state index contributed by atoms with van der Waals surface area (Å²) in [7, 11) is 1.72. The summed E-state index contributed by atoms with van der Waals surface area (Å²) in [6, 6.07) is 23.2. The molecule has 0 aliphatic carbocycles. The highest BCUT2D eigenvalue weighted by molar-refractivity contribution is 5.85. The molecule has 0 saturated heterocycles. The van der Waals surface area contributed by atoms with E-state index in [0.717, 1.165) is 31.0 Å². The van der Waals surface area contributed by atoms with Gasteiger partial charge in [0, 0.05) is 54.0 Å². The number of nitrogens with zero attached hydrogens (tertiary/aromatic N) is 4. The van der Waals surface area contributed by atoms with Crippen LogP contribution in [0.25, 0.3) is 16.9 Å². The van der Waals surface area contributed by atoms with Gasteiger partial charge in [-0.3, -0.25) is 9.47 Å². The number of nitrogens with one attached hydrogen (secondary N) is 1. The van der Waals surface area contributed by atoms with Crippen LogP contribution in [-0.4, -0.2) is 38.1 Å². The third-order valence-electron chi connectivity index (χ3n) is 6.51. The standard InChI is InChI=1S/C27H25N5O/c1-33-21-9-4-7-19(17-21)26-25-23(22-10-2-3-11-24(22)30-25)12-16-31(26)18-20-8-5-15-32(20)27-28-13-6-14-29-27/h2-11,13-15,17,26,30H,12,16,18H2,1H3/t26-/m1/s1. The summed E-state index contributed by atoms with van der Waals surface area (Å²) < 4.78 is 7.63. The molecule has 1 aliphatic rings. The van der Waals surface area contributed by atoms with Gasteiger partial charge < -0.3 is 9.72 Å². The van der Waals surface area contributed by atoms with E-state index in [2.05, 4.69) is 79.0 Å². The first kappa shape index (κ1) is 19.8. The Labute approximate surface area is 192 Å². The molecule has 3 aromatic heterocycles. The van der Waals surface area contributed by atoms with Crippen LogP contribution < -0.4 is 4.74 Å². The summed E-state index contributed by atoms with van der Waals surface area (Å²) in [4.78, 5) is 15.2. The quantitative estimate of drug-likeness (QED) is 0.426. The van der Waals surface area contributed by atoms with Crippen molar-refractivity contribution in [2.75, 3.05) is 13.7 Å². The molecule has 1 N–H and O–H groups in total. The molecule has 4 heterocycles. The van der Waals surface area contributed by atoms with Gasteiger partial charge in [-0.05, 0) is 53.9 Å². The van der Waals surface area contributed by atoms with Gasteiger partial charge in [-0.2, -0.15) is 0 Å². The minimum Gasteiger partial charge on any atom is -0.497 e. The average molecular weight is 436 g/mol. The van der Waals surface area contributed by atoms with E-state index in [9.17, 15) is 0 Å². The number of aromatic nitrogens is 4. The number of aromatic amines is 1. The molecular weight excluding hydrogens is 410 g/mol. The molecule has 1 aliphatic heterocycles. The van der Waals surface area contributed by atoms with E-state index in [1.807, 2.05) is 18.3 Å². The Morgan fingerprint density at radius 3 is 2.76 bits per heavy atom. The van der Waals surface area contributed by atoms with Gasteiger partial charge in [-0.25, -0.2) is 9.97 Å². The first-order chi connectivity index (χ1) is 16.3. The molecule has 0 bridgehead atoms. The maximum atomic E-state index is 5.56. The molecule has 33 heavy (non-hydrogen) atoms. The Bertz CT molecular complexity index is 1400. The first-order valence-corrected chi connectivity index (χ1v) is 11.2. The SMILES string of the molecule is COc1cccc([C@@H]2c3[nH]c4ccccc4c3CCN2Cc2cccn2-c2ncccn2)c1. The van der Waals surface area contributed by atoms with Gasteiger partial charge in [-0.15, -0.1) is 0 Å². The molecule has 0 fully saturated rings. The second kappa shape index (κ2) is 8.22. The smallest absolute Gasteiger partial charge is 0.233 e. The molecule has 0 amide bonds. The Hall–Kier alpha value is -3.90. The number of H-pyrrole nitrogens is 1. The minimum absolute atomic E-state index is 0.0938. The van der Waals surface area contributed by atoms with Crippen molar-refractivity contribution in [2.45, 2.75) is 19.0 Å².